The van der Waals surface area contributed by atoms with E-state index in [-0.39, 0.29) is 11.7 Å². The fraction of sp³-hybridized carbons (Fsp3) is 0.250. The first kappa shape index (κ1) is 18.8. The minimum Gasteiger partial charge on any atom is -0.494 e. The molecule has 0 atom stereocenters. The Morgan fingerprint density at radius 2 is 2.00 bits per heavy atom. The van der Waals surface area contributed by atoms with Crippen LogP contribution in [0.2, 0.25) is 0 Å². The van der Waals surface area contributed by atoms with Crippen LogP contribution in [0.15, 0.2) is 41.4 Å². The molecule has 142 valence electrons. The number of rotatable bonds is 7. The molecule has 0 aliphatic carbocycles. The third kappa shape index (κ3) is 4.62. The number of aliphatic imine (C=N–C) groups is 1. The smallest absolute Gasteiger partial charge is 0.198 e. The molecular formula is C20H22F2N4O. The summed E-state index contributed by atoms with van der Waals surface area (Å²) in [6.45, 7) is 1.60. The van der Waals surface area contributed by atoms with Crippen LogP contribution in [-0.2, 0) is 0 Å². The summed E-state index contributed by atoms with van der Waals surface area (Å²) in [4.78, 5) is 9.00. The van der Waals surface area contributed by atoms with Gasteiger partial charge in [-0.2, -0.15) is 0 Å². The number of hydrogen-bond donors (Lipinski definition) is 3. The van der Waals surface area contributed by atoms with Crippen molar-refractivity contribution in [2.24, 2.45) is 4.99 Å². The third-order valence-corrected chi connectivity index (χ3v) is 4.17. The van der Waals surface area contributed by atoms with Crippen molar-refractivity contribution in [1.29, 1.82) is 0 Å². The first-order valence-electron chi connectivity index (χ1n) is 8.66. The van der Waals surface area contributed by atoms with Gasteiger partial charge < -0.3 is 20.3 Å². The molecule has 7 heteroatoms. The Balaban J connectivity index is 1.73. The van der Waals surface area contributed by atoms with E-state index in [1.54, 1.807) is 18.2 Å². The second-order valence-electron chi connectivity index (χ2n) is 6.58. The molecule has 0 radical (unpaired) electrons. The molecule has 1 aromatic heterocycles. The lowest BCUT2D eigenvalue weighted by Crippen LogP contribution is -2.16. The number of benzene rings is 2. The molecule has 3 N–H and O–H groups in total. The predicted molar refractivity (Wildman–Crippen MR) is 105 cm³/mol. The molecule has 0 aliphatic heterocycles. The van der Waals surface area contributed by atoms with Gasteiger partial charge in [0.2, 0.25) is 0 Å². The molecular weight excluding hydrogens is 350 g/mol. The summed E-state index contributed by atoms with van der Waals surface area (Å²) in [5.74, 6) is -0.901. The van der Waals surface area contributed by atoms with E-state index in [0.29, 0.717) is 34.4 Å². The van der Waals surface area contributed by atoms with E-state index >= 15 is 0 Å². The van der Waals surface area contributed by atoms with Crippen LogP contribution >= 0.6 is 0 Å². The lowest BCUT2D eigenvalue weighted by Gasteiger charge is -2.11. The van der Waals surface area contributed by atoms with Crippen molar-refractivity contribution >= 4 is 28.5 Å². The quantitative estimate of drug-likeness (QED) is 0.429. The molecule has 0 saturated heterocycles. The average molecular weight is 372 g/mol. The van der Waals surface area contributed by atoms with Crippen LogP contribution in [0.5, 0.6) is 5.88 Å². The van der Waals surface area contributed by atoms with Crippen LogP contribution in [0, 0.1) is 11.6 Å². The van der Waals surface area contributed by atoms with Crippen LogP contribution in [0.3, 0.4) is 0 Å². The highest BCUT2D eigenvalue weighted by Crippen LogP contribution is 2.27. The SMILES string of the molecule is CN(C)CCCNc1ccc(N=Cc2c(O)[nH]c3cc(F)ccc23)cc1F. The number of H-pyrrole nitrogens is 1. The van der Waals surface area contributed by atoms with Crippen molar-refractivity contribution in [3.8, 4) is 5.88 Å². The van der Waals surface area contributed by atoms with Gasteiger partial charge in [-0.15, -0.1) is 0 Å². The maximum absolute atomic E-state index is 14.2. The fourth-order valence-electron chi connectivity index (χ4n) is 2.79. The Bertz CT molecular complexity index is 966. The molecule has 0 aliphatic rings. The molecule has 5 nitrogen and oxygen atoms in total. The average Bonchev–Trinajstić information content (AvgIpc) is 2.92. The second-order valence-corrected chi connectivity index (χ2v) is 6.58. The van der Waals surface area contributed by atoms with Crippen LogP contribution in [0.4, 0.5) is 20.2 Å². The fourth-order valence-corrected chi connectivity index (χ4v) is 2.79. The lowest BCUT2D eigenvalue weighted by atomic mass is 10.2. The highest BCUT2D eigenvalue weighted by atomic mass is 19.1. The van der Waals surface area contributed by atoms with Crippen LogP contribution in [0.1, 0.15) is 12.0 Å². The highest BCUT2D eigenvalue weighted by Gasteiger charge is 2.10. The first-order valence-corrected chi connectivity index (χ1v) is 8.66. The number of nitrogens with one attached hydrogen (secondary N) is 2. The minimum atomic E-state index is -0.400. The van der Waals surface area contributed by atoms with Gasteiger partial charge in [0, 0.05) is 24.2 Å². The number of halogens is 2. The van der Waals surface area contributed by atoms with Crippen LogP contribution in [0.25, 0.3) is 10.9 Å². The van der Waals surface area contributed by atoms with Gasteiger partial charge in [-0.3, -0.25) is 4.99 Å². The maximum atomic E-state index is 14.2. The van der Waals surface area contributed by atoms with Crippen molar-refractivity contribution in [3.63, 3.8) is 0 Å². The van der Waals surface area contributed by atoms with E-state index < -0.39 is 5.82 Å². The monoisotopic (exact) mass is 372 g/mol. The Morgan fingerprint density at radius 3 is 2.74 bits per heavy atom. The number of nitrogens with zero attached hydrogens (tertiary/aromatic N) is 2. The lowest BCUT2D eigenvalue weighted by molar-refractivity contribution is 0.405. The Morgan fingerprint density at radius 1 is 1.19 bits per heavy atom. The van der Waals surface area contributed by atoms with Gasteiger partial charge in [-0.1, -0.05) is 0 Å². The van der Waals surface area contributed by atoms with E-state index in [0.717, 1.165) is 13.0 Å². The summed E-state index contributed by atoms with van der Waals surface area (Å²) < 4.78 is 27.5. The minimum absolute atomic E-state index is 0.112. The maximum Gasteiger partial charge on any atom is 0.198 e. The van der Waals surface area contributed by atoms with Gasteiger partial charge in [0.15, 0.2) is 5.88 Å². The molecule has 0 amide bonds. The number of fused-ring (bicyclic) bond motifs is 1. The first-order chi connectivity index (χ1) is 12.9. The second kappa shape index (κ2) is 8.18. The third-order valence-electron chi connectivity index (χ3n) is 4.17. The Labute approximate surface area is 156 Å². The molecule has 2 aromatic carbocycles. The van der Waals surface area contributed by atoms with Crippen molar-refractivity contribution in [1.82, 2.24) is 9.88 Å². The van der Waals surface area contributed by atoms with Gasteiger partial charge in [-0.25, -0.2) is 8.78 Å². The molecule has 27 heavy (non-hydrogen) atoms. The largest absolute Gasteiger partial charge is 0.494 e. The Kier molecular flexibility index (Phi) is 5.71. The number of hydrogen-bond acceptors (Lipinski definition) is 4. The molecule has 0 fully saturated rings. The number of anilines is 1. The number of aromatic amines is 1. The number of aromatic nitrogens is 1. The van der Waals surface area contributed by atoms with E-state index in [2.05, 4.69) is 20.2 Å². The highest BCUT2D eigenvalue weighted by molar-refractivity contribution is 6.02. The molecule has 3 rings (SSSR count). The molecule has 0 spiro atoms. The van der Waals surface area contributed by atoms with Gasteiger partial charge in [0.05, 0.1) is 22.5 Å². The number of aromatic hydroxyl groups is 1. The summed E-state index contributed by atoms with van der Waals surface area (Å²) in [7, 11) is 3.99. The summed E-state index contributed by atoms with van der Waals surface area (Å²) in [5, 5.41) is 13.7. The van der Waals surface area contributed by atoms with E-state index in [9.17, 15) is 13.9 Å². The molecule has 0 unspecified atom stereocenters. The summed E-state index contributed by atoms with van der Waals surface area (Å²) in [6, 6.07) is 8.83. The van der Waals surface area contributed by atoms with E-state index in [4.69, 9.17) is 0 Å². The molecule has 0 bridgehead atoms. The van der Waals surface area contributed by atoms with Crippen LogP contribution < -0.4 is 5.32 Å². The standard InChI is InChI=1S/C20H22F2N4O/c1-26(2)9-3-8-23-18-7-5-14(11-17(18)22)24-12-16-15-6-4-13(21)10-19(15)25-20(16)27/h4-7,10-12,23,25,27H,3,8-9H2,1-2H3. The van der Waals surface area contributed by atoms with E-state index in [1.807, 2.05) is 14.1 Å². The summed E-state index contributed by atoms with van der Waals surface area (Å²) >= 11 is 0. The van der Waals surface area contributed by atoms with E-state index in [1.165, 1.54) is 24.4 Å². The van der Waals surface area contributed by atoms with Gasteiger partial charge in [-0.05, 0) is 57.4 Å². The van der Waals surface area contributed by atoms with Gasteiger partial charge in [0.25, 0.3) is 0 Å². The molecule has 1 heterocycles. The summed E-state index contributed by atoms with van der Waals surface area (Å²) in [6.07, 6.45) is 2.35. The molecule has 0 saturated carbocycles. The normalized spacial score (nSPS) is 11.7. The van der Waals surface area contributed by atoms with Gasteiger partial charge >= 0.3 is 0 Å². The Hall–Kier alpha value is -2.93. The molecule has 3 aromatic rings. The predicted octanol–water partition coefficient (Wildman–Crippen LogP) is 4.27. The van der Waals surface area contributed by atoms with Crippen molar-refractivity contribution in [2.45, 2.75) is 6.42 Å². The zero-order chi connectivity index (χ0) is 19.4. The van der Waals surface area contributed by atoms with Crippen LogP contribution in [-0.4, -0.2) is 48.4 Å². The van der Waals surface area contributed by atoms with Crippen molar-refractivity contribution in [2.75, 3.05) is 32.5 Å². The summed E-state index contributed by atoms with van der Waals surface area (Å²) in [5.41, 5.74) is 1.74. The topological polar surface area (TPSA) is 63.6 Å². The zero-order valence-electron chi connectivity index (χ0n) is 15.3. The zero-order valence-corrected chi connectivity index (χ0v) is 15.3. The van der Waals surface area contributed by atoms with Crippen molar-refractivity contribution in [3.05, 3.63) is 53.6 Å². The van der Waals surface area contributed by atoms with Gasteiger partial charge in [0.1, 0.15) is 11.6 Å². The van der Waals surface area contributed by atoms with Crippen molar-refractivity contribution < 1.29 is 13.9 Å².